The molecule has 0 aliphatic rings. The molecule has 0 aliphatic heterocycles. The molecule has 0 radical (unpaired) electrons. The van der Waals surface area contributed by atoms with E-state index in [0.717, 1.165) is 28.3 Å². The van der Waals surface area contributed by atoms with Gasteiger partial charge in [0, 0.05) is 27.8 Å². The number of hydrogen-bond acceptors (Lipinski definition) is 10. The molecule has 8 rings (SSSR count). The fraction of sp³-hybridized carbons (Fsp3) is 0. The van der Waals surface area contributed by atoms with E-state index in [1.165, 1.54) is 24.3 Å². The van der Waals surface area contributed by atoms with E-state index in [-0.39, 0.29) is 21.9 Å². The van der Waals surface area contributed by atoms with Crippen molar-refractivity contribution in [1.29, 1.82) is 10.5 Å². The first kappa shape index (κ1) is 40.1. The molecule has 0 amide bonds. The molecule has 0 saturated carbocycles. The Morgan fingerprint density at radius 3 is 1.09 bits per heavy atom. The summed E-state index contributed by atoms with van der Waals surface area (Å²) in [6.45, 7) is 0. The molecule has 0 unspecified atom stereocenters. The highest BCUT2D eigenvalue weighted by Crippen LogP contribution is 2.26. The van der Waals surface area contributed by atoms with Gasteiger partial charge < -0.3 is 10.0 Å². The summed E-state index contributed by atoms with van der Waals surface area (Å²) in [6, 6.07) is 49.7. The Hall–Kier alpha value is -7.55. The van der Waals surface area contributed by atoms with Gasteiger partial charge in [-0.1, -0.05) is 127 Å². The molecule has 58 heavy (non-hydrogen) atoms. The van der Waals surface area contributed by atoms with Crippen LogP contribution in [0.4, 0.5) is 8.78 Å². The molecular weight excluding hydrogens is 757 g/mol. The minimum Gasteiger partial charge on any atom is -0.423 e. The predicted molar refractivity (Wildman–Crippen MR) is 217 cm³/mol. The van der Waals surface area contributed by atoms with Crippen molar-refractivity contribution in [2.24, 2.45) is 0 Å². The Bertz CT molecular complexity index is 2610. The molecule has 0 saturated heterocycles. The average Bonchev–Trinajstić information content (AvgIpc) is 3.27. The number of nitriles is 2. The van der Waals surface area contributed by atoms with Gasteiger partial charge in [-0.25, -0.2) is 28.7 Å². The number of hydrogen-bond donors (Lipinski definition) is 2. The van der Waals surface area contributed by atoms with E-state index in [1.807, 2.05) is 127 Å². The van der Waals surface area contributed by atoms with Gasteiger partial charge in [0.2, 0.25) is 5.28 Å². The third-order valence-corrected chi connectivity index (χ3v) is 8.30. The Kier molecular flexibility index (Phi) is 13.4. The monoisotopic (exact) mass is 784 g/mol. The minimum atomic E-state index is -1.70. The zero-order valence-electron chi connectivity index (χ0n) is 30.2. The molecule has 2 N–H and O–H groups in total. The van der Waals surface area contributed by atoms with Gasteiger partial charge in [0.05, 0.1) is 11.1 Å². The fourth-order valence-electron chi connectivity index (χ4n) is 5.25. The van der Waals surface area contributed by atoms with Gasteiger partial charge in [-0.3, -0.25) is 0 Å². The van der Waals surface area contributed by atoms with Crippen LogP contribution in [0.5, 0.6) is 0 Å². The highest BCUT2D eigenvalue weighted by Gasteiger charge is 2.15. The molecule has 0 spiro atoms. The van der Waals surface area contributed by atoms with Crippen LogP contribution in [0.25, 0.3) is 56.9 Å². The van der Waals surface area contributed by atoms with Crippen LogP contribution in [-0.4, -0.2) is 47.1 Å². The van der Waals surface area contributed by atoms with Gasteiger partial charge in [-0.15, -0.1) is 0 Å². The zero-order chi connectivity index (χ0) is 40.9. The van der Waals surface area contributed by atoms with Crippen LogP contribution in [0.3, 0.4) is 0 Å². The molecule has 0 atom stereocenters. The second-order valence-corrected chi connectivity index (χ2v) is 12.4. The van der Waals surface area contributed by atoms with Gasteiger partial charge in [-0.05, 0) is 47.4 Å². The van der Waals surface area contributed by atoms with Crippen molar-refractivity contribution in [2.45, 2.75) is 0 Å². The topological polar surface area (TPSA) is 165 Å². The molecule has 2 heterocycles. The smallest absolute Gasteiger partial charge is 0.423 e. The summed E-state index contributed by atoms with van der Waals surface area (Å²) >= 11 is 5.99. The lowest BCUT2D eigenvalue weighted by atomic mass is 9.80. The number of aromatic nitrogens is 6. The summed E-state index contributed by atoms with van der Waals surface area (Å²) < 4.78 is 26.9. The Morgan fingerprint density at radius 1 is 0.431 bits per heavy atom. The van der Waals surface area contributed by atoms with Crippen LogP contribution in [-0.2, 0) is 0 Å². The molecule has 10 nitrogen and oxygen atoms in total. The van der Waals surface area contributed by atoms with Gasteiger partial charge in [0.15, 0.2) is 29.1 Å². The van der Waals surface area contributed by atoms with E-state index in [4.69, 9.17) is 32.2 Å². The highest BCUT2D eigenvalue weighted by atomic mass is 35.5. The quantitative estimate of drug-likeness (QED) is 0.157. The lowest BCUT2D eigenvalue weighted by Crippen LogP contribution is -2.30. The van der Waals surface area contributed by atoms with Crippen LogP contribution in [0.2, 0.25) is 5.28 Å². The zero-order valence-corrected chi connectivity index (χ0v) is 31.0. The van der Waals surface area contributed by atoms with Crippen molar-refractivity contribution in [3.05, 3.63) is 186 Å². The molecule has 0 fully saturated rings. The normalized spacial score (nSPS) is 10.1. The third kappa shape index (κ3) is 10.4. The highest BCUT2D eigenvalue weighted by molar-refractivity contribution is 6.58. The second-order valence-electron chi connectivity index (χ2n) is 12.1. The number of nitrogens with zero attached hydrogens (tertiary/aromatic N) is 8. The Labute approximate surface area is 337 Å². The van der Waals surface area contributed by atoms with Crippen LogP contribution < -0.4 is 5.46 Å². The summed E-state index contributed by atoms with van der Waals surface area (Å²) in [4.78, 5) is 26.4. The molecule has 8 aromatic rings. The maximum atomic E-state index is 14.1. The van der Waals surface area contributed by atoms with Crippen LogP contribution in [0, 0.1) is 34.3 Å². The van der Waals surface area contributed by atoms with E-state index in [2.05, 4.69) is 29.9 Å². The number of halogens is 3. The largest absolute Gasteiger partial charge is 0.488 e. The first-order valence-corrected chi connectivity index (χ1v) is 17.7. The minimum absolute atomic E-state index is 0.0145. The average molecular weight is 785 g/mol. The number of benzene rings is 6. The van der Waals surface area contributed by atoms with Crippen molar-refractivity contribution in [3.63, 3.8) is 0 Å². The lowest BCUT2D eigenvalue weighted by molar-refractivity contribution is 0.425. The predicted octanol–water partition coefficient (Wildman–Crippen LogP) is 8.12. The van der Waals surface area contributed by atoms with Crippen molar-refractivity contribution in [1.82, 2.24) is 29.9 Å². The second kappa shape index (κ2) is 19.4. The van der Waals surface area contributed by atoms with E-state index in [9.17, 15) is 8.78 Å². The molecule has 6 aromatic carbocycles. The molecule has 0 bridgehead atoms. The Morgan fingerprint density at radius 2 is 0.759 bits per heavy atom. The Balaban J connectivity index is 0.000000159. The van der Waals surface area contributed by atoms with Gasteiger partial charge in [0.25, 0.3) is 0 Å². The van der Waals surface area contributed by atoms with E-state index >= 15 is 0 Å². The molecule has 2 aromatic heterocycles. The van der Waals surface area contributed by atoms with Crippen LogP contribution >= 0.6 is 11.6 Å². The summed E-state index contributed by atoms with van der Waals surface area (Å²) in [5, 5.41) is 34.7. The summed E-state index contributed by atoms with van der Waals surface area (Å²) in [6.07, 6.45) is 0. The van der Waals surface area contributed by atoms with Gasteiger partial charge in [-0.2, -0.15) is 20.5 Å². The SMILES string of the molecule is Clc1nc(-c2ccccc2)nc(-c2ccccc2)n1.N#Cc1ccc(-c2nc(-c3ccccc3)nc(-c3ccccc3)n2)cc1F.N#Cc1ccc(B(O)O)cc1F. The van der Waals surface area contributed by atoms with Crippen LogP contribution in [0.1, 0.15) is 11.1 Å². The molecular formula is C44H28BClF2N8O2. The van der Waals surface area contributed by atoms with E-state index < -0.39 is 18.8 Å². The van der Waals surface area contributed by atoms with Gasteiger partial charge in [0.1, 0.15) is 23.8 Å². The standard InChI is InChI=1S/C22H13FN4.C15H10ClN3.C7H5BFNO2/c23-19-13-17(11-12-18(19)14-24)22-26-20(15-7-3-1-4-8-15)25-21(27-22)16-9-5-2-6-10-16;16-15-18-13(11-7-3-1-4-8-11)17-14(19-15)12-9-5-2-6-10-12;9-7-3-6(8(11)12)2-1-5(7)4-10/h1-13H;1-10H;1-3,11-12H. The van der Waals surface area contributed by atoms with Crippen molar-refractivity contribution >= 4 is 24.2 Å². The lowest BCUT2D eigenvalue weighted by Gasteiger charge is -2.08. The van der Waals surface area contributed by atoms with Crippen LogP contribution in [0.15, 0.2) is 158 Å². The van der Waals surface area contributed by atoms with Crippen molar-refractivity contribution in [2.75, 3.05) is 0 Å². The summed E-state index contributed by atoms with van der Waals surface area (Å²) in [5.41, 5.74) is 3.92. The van der Waals surface area contributed by atoms with Gasteiger partial charge >= 0.3 is 7.12 Å². The first-order valence-electron chi connectivity index (χ1n) is 17.4. The summed E-state index contributed by atoms with van der Waals surface area (Å²) in [5.74, 6) is 1.18. The van der Waals surface area contributed by atoms with E-state index in [0.29, 0.717) is 34.7 Å². The molecule has 14 heteroatoms. The maximum Gasteiger partial charge on any atom is 0.488 e. The summed E-state index contributed by atoms with van der Waals surface area (Å²) in [7, 11) is -1.70. The third-order valence-electron chi connectivity index (χ3n) is 8.13. The fourth-order valence-corrected chi connectivity index (χ4v) is 5.41. The first-order chi connectivity index (χ1) is 28.2. The molecule has 280 valence electrons. The molecule has 0 aliphatic carbocycles. The van der Waals surface area contributed by atoms with Crippen molar-refractivity contribution in [3.8, 4) is 69.1 Å². The maximum absolute atomic E-state index is 14.1. The van der Waals surface area contributed by atoms with Crippen molar-refractivity contribution < 1.29 is 18.8 Å². The number of rotatable bonds is 6. The van der Waals surface area contributed by atoms with E-state index in [1.54, 1.807) is 12.1 Å².